The molecule has 0 saturated heterocycles. The number of hydrazone groups is 1. The summed E-state index contributed by atoms with van der Waals surface area (Å²) in [7, 11) is 3.34. The van der Waals surface area contributed by atoms with Gasteiger partial charge in [0.05, 0.1) is 12.8 Å². The average Bonchev–Trinajstić information content (AvgIpc) is 2.69. The third-order valence-corrected chi connectivity index (χ3v) is 3.68. The Hall–Kier alpha value is -3.42. The number of pyridine rings is 1. The number of ether oxygens (including phenoxy) is 2. The Bertz CT molecular complexity index is 837. The average molecular weight is 384 g/mol. The van der Waals surface area contributed by atoms with Gasteiger partial charge < -0.3 is 14.4 Å². The van der Waals surface area contributed by atoms with Crippen LogP contribution >= 0.6 is 0 Å². The Balaban J connectivity index is 2.08. The van der Waals surface area contributed by atoms with Crippen LogP contribution in [0, 0.1) is 0 Å². The van der Waals surface area contributed by atoms with Crippen LogP contribution < -0.4 is 14.9 Å². The van der Waals surface area contributed by atoms with E-state index >= 15 is 0 Å². The van der Waals surface area contributed by atoms with Crippen LogP contribution in [0.5, 0.6) is 11.5 Å². The second-order valence-electron chi connectivity index (χ2n) is 6.07. The first-order valence-corrected chi connectivity index (χ1v) is 8.80. The van der Waals surface area contributed by atoms with Crippen LogP contribution in [0.15, 0.2) is 47.8 Å². The fraction of sp³-hybridized carbons (Fsp3) is 0.300. The van der Waals surface area contributed by atoms with Crippen molar-refractivity contribution in [3.8, 4) is 11.5 Å². The van der Waals surface area contributed by atoms with E-state index in [-0.39, 0.29) is 11.8 Å². The zero-order valence-electron chi connectivity index (χ0n) is 16.4. The monoisotopic (exact) mass is 384 g/mol. The lowest BCUT2D eigenvalue weighted by molar-refractivity contribution is -0.135. The molecular weight excluding hydrogens is 360 g/mol. The highest BCUT2D eigenvalue weighted by Gasteiger charge is 2.18. The topological polar surface area (TPSA) is 93.1 Å². The Labute approximate surface area is 164 Å². The lowest BCUT2D eigenvalue weighted by Crippen LogP contribution is -2.35. The van der Waals surface area contributed by atoms with Crippen molar-refractivity contribution in [2.75, 3.05) is 20.7 Å². The highest BCUT2D eigenvalue weighted by molar-refractivity contribution is 5.94. The van der Waals surface area contributed by atoms with E-state index in [2.05, 4.69) is 15.5 Å². The van der Waals surface area contributed by atoms with E-state index in [9.17, 15) is 9.59 Å². The van der Waals surface area contributed by atoms with E-state index in [1.807, 2.05) is 6.92 Å². The third kappa shape index (κ3) is 5.80. The second-order valence-corrected chi connectivity index (χ2v) is 6.07. The molecule has 0 spiro atoms. The zero-order valence-corrected chi connectivity index (χ0v) is 16.4. The summed E-state index contributed by atoms with van der Waals surface area (Å²) in [6.07, 6.45) is 3.93. The van der Waals surface area contributed by atoms with Crippen molar-refractivity contribution < 1.29 is 19.1 Å². The van der Waals surface area contributed by atoms with Crippen LogP contribution in [-0.4, -0.2) is 54.7 Å². The summed E-state index contributed by atoms with van der Waals surface area (Å²) < 4.78 is 11.3. The summed E-state index contributed by atoms with van der Waals surface area (Å²) >= 11 is 0. The van der Waals surface area contributed by atoms with Crippen molar-refractivity contribution in [3.63, 3.8) is 0 Å². The molecule has 2 aromatic rings. The fourth-order valence-corrected chi connectivity index (χ4v) is 2.31. The summed E-state index contributed by atoms with van der Waals surface area (Å²) in [5.74, 6) is 0.472. The molecule has 1 aromatic heterocycles. The van der Waals surface area contributed by atoms with Gasteiger partial charge in [-0.25, -0.2) is 5.43 Å². The molecule has 1 atom stereocenters. The van der Waals surface area contributed by atoms with Gasteiger partial charge in [0, 0.05) is 32.1 Å². The molecule has 0 saturated carbocycles. The lowest BCUT2D eigenvalue weighted by atomic mass is 10.2. The molecule has 1 N–H and O–H groups in total. The number of nitrogens with zero attached hydrogens (tertiary/aromatic N) is 3. The number of carbonyl (C=O) groups is 2. The van der Waals surface area contributed by atoms with Gasteiger partial charge in [0.15, 0.2) is 17.6 Å². The SMILES string of the molecule is CCOc1cc(/C=N\NC(=O)c2ccncc2)ccc1O[C@H](C)C(=O)N(C)C. The molecule has 8 heteroatoms. The number of hydrogen-bond donors (Lipinski definition) is 1. The summed E-state index contributed by atoms with van der Waals surface area (Å²) in [4.78, 5) is 29.3. The normalized spacial score (nSPS) is 11.7. The maximum absolute atomic E-state index is 12.0. The van der Waals surface area contributed by atoms with Crippen molar-refractivity contribution >= 4 is 18.0 Å². The van der Waals surface area contributed by atoms with Gasteiger partial charge in [0.2, 0.25) is 0 Å². The highest BCUT2D eigenvalue weighted by atomic mass is 16.5. The van der Waals surface area contributed by atoms with E-state index in [0.717, 1.165) is 0 Å². The number of rotatable bonds is 8. The fourth-order valence-electron chi connectivity index (χ4n) is 2.31. The van der Waals surface area contributed by atoms with Crippen LogP contribution in [-0.2, 0) is 4.79 Å². The molecule has 8 nitrogen and oxygen atoms in total. The smallest absolute Gasteiger partial charge is 0.271 e. The van der Waals surface area contributed by atoms with Crippen molar-refractivity contribution in [1.82, 2.24) is 15.3 Å². The Morgan fingerprint density at radius 2 is 1.93 bits per heavy atom. The molecule has 2 amide bonds. The summed E-state index contributed by atoms with van der Waals surface area (Å²) in [6.45, 7) is 3.97. The largest absolute Gasteiger partial charge is 0.490 e. The minimum atomic E-state index is -0.645. The van der Waals surface area contributed by atoms with E-state index in [1.54, 1.807) is 51.4 Å². The molecule has 1 heterocycles. The van der Waals surface area contributed by atoms with Gasteiger partial charge in [-0.05, 0) is 49.7 Å². The molecule has 0 radical (unpaired) electrons. The first-order chi connectivity index (χ1) is 13.4. The Morgan fingerprint density at radius 1 is 1.21 bits per heavy atom. The quantitative estimate of drug-likeness (QED) is 0.556. The van der Waals surface area contributed by atoms with E-state index in [4.69, 9.17) is 9.47 Å². The molecule has 148 valence electrons. The van der Waals surface area contributed by atoms with Gasteiger partial charge in [-0.1, -0.05) is 0 Å². The number of benzene rings is 1. The molecule has 0 aliphatic rings. The molecule has 0 aliphatic carbocycles. The number of carbonyl (C=O) groups excluding carboxylic acids is 2. The number of aromatic nitrogens is 1. The van der Waals surface area contributed by atoms with Crippen LogP contribution in [0.1, 0.15) is 29.8 Å². The Kier molecular flexibility index (Phi) is 7.50. The number of nitrogens with one attached hydrogen (secondary N) is 1. The molecule has 1 aromatic carbocycles. The van der Waals surface area contributed by atoms with Gasteiger partial charge in [-0.2, -0.15) is 5.10 Å². The molecule has 28 heavy (non-hydrogen) atoms. The molecule has 2 rings (SSSR count). The predicted molar refractivity (Wildman–Crippen MR) is 106 cm³/mol. The van der Waals surface area contributed by atoms with Crippen LogP contribution in [0.25, 0.3) is 0 Å². The zero-order chi connectivity index (χ0) is 20.5. The van der Waals surface area contributed by atoms with Crippen LogP contribution in [0.3, 0.4) is 0 Å². The molecule has 0 fully saturated rings. The van der Waals surface area contributed by atoms with Crippen LogP contribution in [0.2, 0.25) is 0 Å². The number of amides is 2. The van der Waals surface area contributed by atoms with Crippen molar-refractivity contribution in [1.29, 1.82) is 0 Å². The molecule has 0 unspecified atom stereocenters. The highest BCUT2D eigenvalue weighted by Crippen LogP contribution is 2.29. The Morgan fingerprint density at radius 3 is 2.57 bits per heavy atom. The van der Waals surface area contributed by atoms with Gasteiger partial charge in [-0.15, -0.1) is 0 Å². The maximum Gasteiger partial charge on any atom is 0.271 e. The minimum Gasteiger partial charge on any atom is -0.490 e. The summed E-state index contributed by atoms with van der Waals surface area (Å²) in [6, 6.07) is 8.39. The van der Waals surface area contributed by atoms with E-state index in [0.29, 0.717) is 29.2 Å². The molecule has 0 aliphatic heterocycles. The molecule has 0 bridgehead atoms. The van der Waals surface area contributed by atoms with Gasteiger partial charge >= 0.3 is 0 Å². The van der Waals surface area contributed by atoms with E-state index < -0.39 is 6.10 Å². The lowest BCUT2D eigenvalue weighted by Gasteiger charge is -2.20. The maximum atomic E-state index is 12.0. The van der Waals surface area contributed by atoms with E-state index in [1.165, 1.54) is 23.5 Å². The third-order valence-electron chi connectivity index (χ3n) is 3.68. The number of likely N-dealkylation sites (N-methyl/N-ethyl adjacent to an activating group) is 1. The van der Waals surface area contributed by atoms with Gasteiger partial charge in [-0.3, -0.25) is 14.6 Å². The van der Waals surface area contributed by atoms with Gasteiger partial charge in [0.1, 0.15) is 0 Å². The minimum absolute atomic E-state index is 0.146. The predicted octanol–water partition coefficient (Wildman–Crippen LogP) is 2.10. The van der Waals surface area contributed by atoms with Crippen molar-refractivity contribution in [2.45, 2.75) is 20.0 Å². The van der Waals surface area contributed by atoms with Crippen LogP contribution in [0.4, 0.5) is 0 Å². The van der Waals surface area contributed by atoms with Crippen molar-refractivity contribution in [2.24, 2.45) is 5.10 Å². The second kappa shape index (κ2) is 10.1. The summed E-state index contributed by atoms with van der Waals surface area (Å²) in [5, 5.41) is 3.96. The van der Waals surface area contributed by atoms with Crippen molar-refractivity contribution in [3.05, 3.63) is 53.9 Å². The standard InChI is InChI=1S/C20H24N4O4/c1-5-27-18-12-15(6-7-17(18)28-14(2)20(26)24(3)4)13-22-23-19(25)16-8-10-21-11-9-16/h6-14H,5H2,1-4H3,(H,23,25)/b22-13-/t14-/m1/s1. The first kappa shape index (κ1) is 20.9. The summed E-state index contributed by atoms with van der Waals surface area (Å²) in [5.41, 5.74) is 3.62. The molecular formula is C20H24N4O4. The number of hydrogen-bond acceptors (Lipinski definition) is 6. The first-order valence-electron chi connectivity index (χ1n) is 8.80. The van der Waals surface area contributed by atoms with Gasteiger partial charge in [0.25, 0.3) is 11.8 Å².